The second-order valence-electron chi connectivity index (χ2n) is 7.82. The van der Waals surface area contributed by atoms with E-state index in [1.165, 1.54) is 25.5 Å². The van der Waals surface area contributed by atoms with Crippen LogP contribution in [0.25, 0.3) is 0 Å². The van der Waals surface area contributed by atoms with E-state index >= 15 is 0 Å². The summed E-state index contributed by atoms with van der Waals surface area (Å²) in [6.07, 6.45) is 1.38. The average molecular weight is 510 g/mol. The Hall–Kier alpha value is -4.18. The molecule has 3 aromatic rings. The van der Waals surface area contributed by atoms with Crippen LogP contribution in [0.5, 0.6) is 5.75 Å². The summed E-state index contributed by atoms with van der Waals surface area (Å²) in [4.78, 5) is 24.0. The highest BCUT2D eigenvalue weighted by atomic mass is 32.2. The van der Waals surface area contributed by atoms with Gasteiger partial charge >= 0.3 is 5.97 Å². The molecule has 1 N–H and O–H groups in total. The van der Waals surface area contributed by atoms with Crippen molar-refractivity contribution in [1.82, 2.24) is 5.43 Å². The molecular weight excluding hydrogens is 482 g/mol. The molecule has 188 valence electrons. The minimum atomic E-state index is -4.01. The molecule has 1 amide bonds. The van der Waals surface area contributed by atoms with E-state index in [9.17, 15) is 18.0 Å². The Labute approximate surface area is 210 Å². The maximum atomic E-state index is 13.4. The van der Waals surface area contributed by atoms with Crippen LogP contribution in [-0.2, 0) is 24.3 Å². The highest BCUT2D eigenvalue weighted by Crippen LogP contribution is 2.25. The molecule has 0 spiro atoms. The summed E-state index contributed by atoms with van der Waals surface area (Å²) in [6, 6.07) is 19.8. The van der Waals surface area contributed by atoms with Gasteiger partial charge in [0.25, 0.3) is 15.9 Å². The van der Waals surface area contributed by atoms with Gasteiger partial charge in [-0.25, -0.2) is 18.6 Å². The summed E-state index contributed by atoms with van der Waals surface area (Å²) >= 11 is 0. The third-order valence-electron chi connectivity index (χ3n) is 5.24. The molecule has 3 aromatic carbocycles. The average Bonchev–Trinajstić information content (AvgIpc) is 2.88. The molecule has 0 fully saturated rings. The Morgan fingerprint density at radius 3 is 2.42 bits per heavy atom. The van der Waals surface area contributed by atoms with Crippen molar-refractivity contribution < 1.29 is 27.5 Å². The first-order chi connectivity index (χ1) is 17.2. The molecule has 0 radical (unpaired) electrons. The number of hydrogen-bond donors (Lipinski definition) is 1. The lowest BCUT2D eigenvalue weighted by Gasteiger charge is -2.24. The zero-order valence-corrected chi connectivity index (χ0v) is 21.0. The Bertz CT molecular complexity index is 1360. The van der Waals surface area contributed by atoms with Crippen LogP contribution in [0.15, 0.2) is 82.8 Å². The molecule has 0 aliphatic carbocycles. The molecule has 9 nitrogen and oxygen atoms in total. The van der Waals surface area contributed by atoms with E-state index in [0.29, 0.717) is 17.0 Å². The lowest BCUT2D eigenvalue weighted by atomic mass is 10.1. The Balaban J connectivity index is 1.76. The number of hydrazone groups is 1. The monoisotopic (exact) mass is 509 g/mol. The third kappa shape index (κ3) is 6.92. The number of hydrogen-bond acceptors (Lipinski definition) is 7. The molecular formula is C26H27N3O6S. The van der Waals surface area contributed by atoms with Crippen molar-refractivity contribution in [2.24, 2.45) is 5.10 Å². The number of aryl methyl sites for hydroxylation is 2. The first-order valence-corrected chi connectivity index (χ1v) is 12.4. The van der Waals surface area contributed by atoms with Crippen LogP contribution in [0.2, 0.25) is 0 Å². The van der Waals surface area contributed by atoms with Crippen molar-refractivity contribution in [2.45, 2.75) is 18.7 Å². The fourth-order valence-electron chi connectivity index (χ4n) is 3.15. The van der Waals surface area contributed by atoms with Gasteiger partial charge in [-0.05, 0) is 66.9 Å². The van der Waals surface area contributed by atoms with Crippen LogP contribution in [0.1, 0.15) is 16.7 Å². The summed E-state index contributed by atoms with van der Waals surface area (Å²) in [6.45, 7) is 3.09. The fourth-order valence-corrected chi connectivity index (χ4v) is 4.58. The number of nitrogens with one attached hydrogen (secondary N) is 1. The zero-order valence-electron chi connectivity index (χ0n) is 20.2. The lowest BCUT2D eigenvalue weighted by molar-refractivity contribution is -0.142. The number of nitrogens with zero attached hydrogens (tertiary/aromatic N) is 2. The highest BCUT2D eigenvalue weighted by Gasteiger charge is 2.27. The van der Waals surface area contributed by atoms with E-state index < -0.39 is 28.4 Å². The lowest BCUT2D eigenvalue weighted by Crippen LogP contribution is -2.39. The van der Waals surface area contributed by atoms with Crippen molar-refractivity contribution in [3.8, 4) is 5.75 Å². The van der Waals surface area contributed by atoms with Gasteiger partial charge in [0.15, 0.2) is 6.61 Å². The molecule has 10 heteroatoms. The zero-order chi connectivity index (χ0) is 26.1. The van der Waals surface area contributed by atoms with Gasteiger partial charge in [0, 0.05) is 0 Å². The maximum Gasteiger partial charge on any atom is 0.343 e. The Kier molecular flexibility index (Phi) is 8.80. The molecule has 0 unspecified atom stereocenters. The number of carbonyl (C=O) groups is 2. The first-order valence-electron chi connectivity index (χ1n) is 11.0. The normalized spacial score (nSPS) is 11.2. The van der Waals surface area contributed by atoms with Gasteiger partial charge in [-0.15, -0.1) is 0 Å². The van der Waals surface area contributed by atoms with Crippen LogP contribution in [-0.4, -0.2) is 46.8 Å². The number of carbonyl (C=O) groups excluding carboxylic acids is 2. The van der Waals surface area contributed by atoms with Crippen LogP contribution in [0, 0.1) is 13.8 Å². The smallest absolute Gasteiger partial charge is 0.343 e. The topological polar surface area (TPSA) is 114 Å². The second kappa shape index (κ2) is 12.0. The quantitative estimate of drug-likeness (QED) is 0.255. The second-order valence-corrected chi connectivity index (χ2v) is 9.69. The van der Waals surface area contributed by atoms with Gasteiger partial charge in [-0.3, -0.25) is 9.10 Å². The van der Waals surface area contributed by atoms with Gasteiger partial charge in [-0.1, -0.05) is 36.4 Å². The van der Waals surface area contributed by atoms with E-state index in [1.807, 2.05) is 19.9 Å². The summed E-state index contributed by atoms with van der Waals surface area (Å²) < 4.78 is 37.7. The molecule has 0 aliphatic rings. The number of methoxy groups -OCH3 is 1. The summed E-state index contributed by atoms with van der Waals surface area (Å²) in [5, 5.41) is 3.93. The molecule has 0 bridgehead atoms. The molecule has 3 rings (SSSR count). The maximum absolute atomic E-state index is 13.4. The molecule has 0 saturated carbocycles. The summed E-state index contributed by atoms with van der Waals surface area (Å²) in [5.74, 6) is -0.715. The fraction of sp³-hybridized carbons (Fsp3) is 0.192. The van der Waals surface area contributed by atoms with E-state index in [-0.39, 0.29) is 11.5 Å². The first kappa shape index (κ1) is 26.4. The number of ether oxygens (including phenoxy) is 2. The van der Waals surface area contributed by atoms with E-state index in [2.05, 4.69) is 15.3 Å². The molecule has 0 saturated heterocycles. The number of anilines is 1. The molecule has 0 heterocycles. The van der Waals surface area contributed by atoms with E-state index in [0.717, 1.165) is 15.4 Å². The van der Waals surface area contributed by atoms with Crippen LogP contribution in [0.4, 0.5) is 5.69 Å². The number of esters is 1. The number of amides is 1. The van der Waals surface area contributed by atoms with Crippen LogP contribution in [0.3, 0.4) is 0 Å². The van der Waals surface area contributed by atoms with Crippen molar-refractivity contribution >= 4 is 33.8 Å². The van der Waals surface area contributed by atoms with Gasteiger partial charge in [0.1, 0.15) is 12.3 Å². The van der Waals surface area contributed by atoms with Crippen molar-refractivity contribution in [1.29, 1.82) is 0 Å². The predicted molar refractivity (Wildman–Crippen MR) is 137 cm³/mol. The van der Waals surface area contributed by atoms with Crippen molar-refractivity contribution in [3.05, 3.63) is 89.5 Å². The number of rotatable bonds is 10. The van der Waals surface area contributed by atoms with E-state index in [1.54, 1.807) is 54.6 Å². The molecule has 0 aliphatic heterocycles. The molecule has 0 atom stereocenters. The van der Waals surface area contributed by atoms with Crippen LogP contribution < -0.4 is 14.5 Å². The van der Waals surface area contributed by atoms with Gasteiger partial charge in [-0.2, -0.15) is 5.10 Å². The largest absolute Gasteiger partial charge is 0.482 e. The van der Waals surface area contributed by atoms with Gasteiger partial charge in [0.2, 0.25) is 0 Å². The Morgan fingerprint density at radius 1 is 0.972 bits per heavy atom. The Morgan fingerprint density at radius 2 is 1.72 bits per heavy atom. The van der Waals surface area contributed by atoms with Crippen molar-refractivity contribution in [3.63, 3.8) is 0 Å². The summed E-state index contributed by atoms with van der Waals surface area (Å²) in [7, 11) is -2.74. The van der Waals surface area contributed by atoms with Crippen molar-refractivity contribution in [2.75, 3.05) is 24.6 Å². The van der Waals surface area contributed by atoms with E-state index in [4.69, 9.17) is 4.74 Å². The SMILES string of the molecule is COC(=O)COc1cccc(/C=N/NC(=O)CN(c2ccc(C)c(C)c2)S(=O)(=O)c2ccccc2)c1. The minimum Gasteiger partial charge on any atom is -0.482 e. The molecule has 0 aromatic heterocycles. The third-order valence-corrected chi connectivity index (χ3v) is 7.03. The molecule has 36 heavy (non-hydrogen) atoms. The van der Waals surface area contributed by atoms with Gasteiger partial charge < -0.3 is 9.47 Å². The van der Waals surface area contributed by atoms with Crippen LogP contribution >= 0.6 is 0 Å². The number of benzene rings is 3. The number of sulfonamides is 1. The standard InChI is InChI=1S/C26H27N3O6S/c1-19-12-13-22(14-20(19)2)29(36(32,33)24-10-5-4-6-11-24)17-25(30)28-27-16-21-8-7-9-23(15-21)35-18-26(31)34-3/h4-16H,17-18H2,1-3H3,(H,28,30)/b27-16+. The van der Waals surface area contributed by atoms with Gasteiger partial charge in [0.05, 0.1) is 23.9 Å². The summed E-state index contributed by atoms with van der Waals surface area (Å²) in [5.41, 5.74) is 5.24. The highest BCUT2D eigenvalue weighted by molar-refractivity contribution is 7.92. The minimum absolute atomic E-state index is 0.0725. The predicted octanol–water partition coefficient (Wildman–Crippen LogP) is 3.20.